The van der Waals surface area contributed by atoms with Crippen LogP contribution in [0.4, 0.5) is 24.5 Å². The number of nitriles is 1. The molecule has 0 radical (unpaired) electrons. The Kier molecular flexibility index (Phi) is 17.2. The van der Waals surface area contributed by atoms with Crippen LogP contribution >= 0.6 is 23.6 Å². The van der Waals surface area contributed by atoms with Gasteiger partial charge in [0, 0.05) is 38.4 Å². The molecular weight excluding hydrogens is 928 g/mol. The molecule has 3 heterocycles. The van der Waals surface area contributed by atoms with E-state index in [0.717, 1.165) is 58.0 Å². The van der Waals surface area contributed by atoms with Gasteiger partial charge in [-0.05, 0) is 137 Å². The van der Waals surface area contributed by atoms with Gasteiger partial charge < -0.3 is 29.9 Å². The molecule has 2 aliphatic rings. The molecule has 2 atom stereocenters. The Morgan fingerprint density at radius 3 is 2.26 bits per heavy atom. The van der Waals surface area contributed by atoms with Crippen LogP contribution in [0.2, 0.25) is 0 Å². The number of amides is 4. The zero-order chi connectivity index (χ0) is 50.1. The minimum Gasteiger partial charge on any atom is -0.494 e. The Morgan fingerprint density at radius 1 is 0.957 bits per heavy atom. The summed E-state index contributed by atoms with van der Waals surface area (Å²) >= 11 is 7.22. The number of hydrogen-bond donors (Lipinski definition) is 2. The van der Waals surface area contributed by atoms with Crippen LogP contribution in [0.25, 0.3) is 10.4 Å². The fourth-order valence-corrected chi connectivity index (χ4v) is 9.76. The third kappa shape index (κ3) is 12.9. The zero-order valence-corrected chi connectivity index (χ0v) is 41.5. The number of aromatic nitrogens is 1. The van der Waals surface area contributed by atoms with E-state index in [9.17, 15) is 37.6 Å². The number of nitrogens with zero attached hydrogens (tertiary/aromatic N) is 5. The fraction of sp³-hybridized carbons (Fsp3) is 0.471. The molecule has 2 N–H and O–H groups in total. The summed E-state index contributed by atoms with van der Waals surface area (Å²) in [4.78, 5) is 63.7. The molecule has 2 fully saturated rings. The standard InChI is InChI=1S/C51H60F3N7O6S2/c1-33-43(69-32-57-33)35-17-15-34(16-18-35)31-56-45(63)41-13-12-25-59(41)46(64)44(49(2,3)4)58-42(62)14-8-11-27-66-26-9-7-10-28-67-39-23-21-37(22-24-39)61-48(68)60(47(65)50(61,5)6)38-20-19-36(30-55)40(29-38)51(52,53)54/h15-24,29,32,41,44H,7-14,25-28,31H2,1-6H3,(H,56,63)(H,58,62)/t41-,44?/m0/s1. The summed E-state index contributed by atoms with van der Waals surface area (Å²) in [5.74, 6) is -0.575. The average molecular weight is 988 g/mol. The number of nitrogens with one attached hydrogen (secondary N) is 2. The van der Waals surface area contributed by atoms with Gasteiger partial charge in [0.05, 0.1) is 45.6 Å². The molecule has 0 bridgehead atoms. The Hall–Kier alpha value is -5.90. The van der Waals surface area contributed by atoms with E-state index in [4.69, 9.17) is 21.7 Å². The van der Waals surface area contributed by atoms with Crippen molar-refractivity contribution < 1.29 is 41.8 Å². The number of ether oxygens (including phenoxy) is 2. The molecule has 13 nitrogen and oxygen atoms in total. The molecule has 368 valence electrons. The van der Waals surface area contributed by atoms with Crippen molar-refractivity contribution >= 4 is 63.7 Å². The molecule has 1 aromatic heterocycles. The predicted molar refractivity (Wildman–Crippen MR) is 264 cm³/mol. The third-order valence-electron chi connectivity index (χ3n) is 12.3. The monoisotopic (exact) mass is 987 g/mol. The number of unbranched alkanes of at least 4 members (excludes halogenated alkanes) is 3. The maximum atomic E-state index is 13.9. The first-order valence-electron chi connectivity index (χ1n) is 23.2. The SMILES string of the molecule is Cc1ncsc1-c1ccc(CNC(=O)[C@@H]2CCCN2C(=O)C(NC(=O)CCCCOCCCCCOc2ccc(N3C(=S)N(c4ccc(C#N)c(C(F)(F)F)c4)C(=O)C3(C)C)cc2)C(C)(C)C)cc1. The second kappa shape index (κ2) is 22.7. The fourth-order valence-electron chi connectivity index (χ4n) is 8.43. The smallest absolute Gasteiger partial charge is 0.417 e. The van der Waals surface area contributed by atoms with Crippen molar-refractivity contribution in [1.82, 2.24) is 20.5 Å². The molecule has 2 saturated heterocycles. The van der Waals surface area contributed by atoms with Gasteiger partial charge in [0.2, 0.25) is 17.7 Å². The Labute approximate surface area is 411 Å². The number of anilines is 2. The summed E-state index contributed by atoms with van der Waals surface area (Å²) in [7, 11) is 0. The number of aryl methyl sites for hydroxylation is 1. The van der Waals surface area contributed by atoms with Crippen molar-refractivity contribution in [3.63, 3.8) is 0 Å². The maximum Gasteiger partial charge on any atom is 0.417 e. The zero-order valence-electron chi connectivity index (χ0n) is 39.9. The predicted octanol–water partition coefficient (Wildman–Crippen LogP) is 9.50. The van der Waals surface area contributed by atoms with Gasteiger partial charge in [0.25, 0.3) is 5.91 Å². The number of alkyl halides is 3. The summed E-state index contributed by atoms with van der Waals surface area (Å²) in [5, 5.41) is 15.2. The number of thiocarbonyl (C=S) groups is 1. The summed E-state index contributed by atoms with van der Waals surface area (Å²) in [6.45, 7) is 13.3. The van der Waals surface area contributed by atoms with E-state index in [1.807, 2.05) is 57.5 Å². The van der Waals surface area contributed by atoms with Crippen molar-refractivity contribution in [2.75, 3.05) is 36.2 Å². The molecule has 2 aliphatic heterocycles. The Balaban J connectivity index is 0.857. The van der Waals surface area contributed by atoms with Gasteiger partial charge in [-0.1, -0.05) is 45.0 Å². The number of carbonyl (C=O) groups excluding carboxylic acids is 4. The molecule has 0 spiro atoms. The molecule has 3 aromatic carbocycles. The summed E-state index contributed by atoms with van der Waals surface area (Å²) in [6, 6.07) is 18.2. The van der Waals surface area contributed by atoms with Crippen molar-refractivity contribution in [3.8, 4) is 22.3 Å². The second-order valence-electron chi connectivity index (χ2n) is 18.9. The third-order valence-corrected chi connectivity index (χ3v) is 13.6. The van der Waals surface area contributed by atoms with Gasteiger partial charge in [0.15, 0.2) is 5.11 Å². The van der Waals surface area contributed by atoms with Crippen LogP contribution < -0.4 is 25.2 Å². The highest BCUT2D eigenvalue weighted by Gasteiger charge is 2.51. The molecule has 4 amide bonds. The van der Waals surface area contributed by atoms with Gasteiger partial charge >= 0.3 is 6.18 Å². The normalized spacial score (nSPS) is 16.4. The number of hydrogen-bond acceptors (Lipinski definition) is 10. The van der Waals surface area contributed by atoms with Crippen molar-refractivity contribution in [1.29, 1.82) is 5.26 Å². The second-order valence-corrected chi connectivity index (χ2v) is 20.1. The molecule has 18 heteroatoms. The van der Waals surface area contributed by atoms with E-state index >= 15 is 0 Å². The topological polar surface area (TPSA) is 157 Å². The molecule has 6 rings (SSSR count). The highest BCUT2D eigenvalue weighted by Crippen LogP contribution is 2.40. The molecule has 69 heavy (non-hydrogen) atoms. The lowest BCUT2D eigenvalue weighted by atomic mass is 9.85. The quantitative estimate of drug-likeness (QED) is 0.0646. The summed E-state index contributed by atoms with van der Waals surface area (Å²) in [6.07, 6.45) is 0.467. The maximum absolute atomic E-state index is 13.9. The molecule has 4 aromatic rings. The molecular formula is C51H60F3N7O6S2. The number of benzene rings is 3. The van der Waals surface area contributed by atoms with Gasteiger partial charge in [-0.15, -0.1) is 11.3 Å². The van der Waals surface area contributed by atoms with E-state index < -0.39 is 46.2 Å². The van der Waals surface area contributed by atoms with Gasteiger partial charge in [0.1, 0.15) is 23.4 Å². The van der Waals surface area contributed by atoms with Crippen molar-refractivity contribution in [2.45, 2.75) is 123 Å². The summed E-state index contributed by atoms with van der Waals surface area (Å²) in [5.41, 5.74) is 1.85. The average Bonchev–Trinajstić information content (AvgIpc) is 4.02. The number of rotatable bonds is 20. The van der Waals surface area contributed by atoms with Crippen molar-refractivity contribution in [2.24, 2.45) is 5.41 Å². The van der Waals surface area contributed by atoms with Gasteiger partial charge in [-0.2, -0.15) is 18.4 Å². The molecule has 0 aliphatic carbocycles. The number of likely N-dealkylation sites (tertiary alicyclic amines) is 1. The lowest BCUT2D eigenvalue weighted by molar-refractivity contribution is -0.144. The van der Waals surface area contributed by atoms with E-state index in [1.54, 1.807) is 65.3 Å². The lowest BCUT2D eigenvalue weighted by Gasteiger charge is -2.35. The molecule has 1 unspecified atom stereocenters. The van der Waals surface area contributed by atoms with Crippen LogP contribution in [-0.2, 0) is 36.6 Å². The Bertz CT molecular complexity index is 2520. The van der Waals surface area contributed by atoms with Crippen LogP contribution in [0.1, 0.15) is 108 Å². The van der Waals surface area contributed by atoms with Crippen LogP contribution in [0.3, 0.4) is 0 Å². The lowest BCUT2D eigenvalue weighted by Crippen LogP contribution is -2.57. The number of halogens is 3. The van der Waals surface area contributed by atoms with Crippen LogP contribution in [0.5, 0.6) is 5.75 Å². The van der Waals surface area contributed by atoms with Crippen molar-refractivity contribution in [3.05, 3.63) is 94.6 Å². The largest absolute Gasteiger partial charge is 0.494 e. The first-order valence-corrected chi connectivity index (χ1v) is 24.5. The van der Waals surface area contributed by atoms with Gasteiger partial charge in [-0.3, -0.25) is 24.1 Å². The van der Waals surface area contributed by atoms with E-state index in [1.165, 1.54) is 6.07 Å². The van der Waals surface area contributed by atoms with Crippen LogP contribution in [0.15, 0.2) is 72.2 Å². The van der Waals surface area contributed by atoms with Crippen LogP contribution in [0, 0.1) is 23.7 Å². The minimum atomic E-state index is -4.79. The van der Waals surface area contributed by atoms with E-state index in [0.29, 0.717) is 70.0 Å². The van der Waals surface area contributed by atoms with Crippen LogP contribution in [-0.4, -0.2) is 82.6 Å². The van der Waals surface area contributed by atoms with Gasteiger partial charge in [-0.25, -0.2) is 4.98 Å². The highest BCUT2D eigenvalue weighted by molar-refractivity contribution is 7.81. The molecule has 0 saturated carbocycles. The van der Waals surface area contributed by atoms with E-state index in [-0.39, 0.29) is 34.9 Å². The first kappa shape index (κ1) is 52.5. The number of carbonyl (C=O) groups is 4. The minimum absolute atomic E-state index is 0.00967. The number of thiazole rings is 1. The van der Waals surface area contributed by atoms with E-state index in [2.05, 4.69) is 15.6 Å². The summed E-state index contributed by atoms with van der Waals surface area (Å²) < 4.78 is 52.9. The Morgan fingerprint density at radius 2 is 1.62 bits per heavy atom. The first-order chi connectivity index (χ1) is 32.7. The highest BCUT2D eigenvalue weighted by atomic mass is 32.1.